The summed E-state index contributed by atoms with van der Waals surface area (Å²) in [6, 6.07) is 13.0. The lowest BCUT2D eigenvalue weighted by atomic mass is 9.89. The van der Waals surface area contributed by atoms with Crippen LogP contribution in [0.4, 0.5) is 0 Å². The maximum Gasteiger partial charge on any atom is 0.164 e. The highest BCUT2D eigenvalue weighted by molar-refractivity contribution is 8.20. The number of ether oxygens (including phenoxy) is 2. The van der Waals surface area contributed by atoms with E-state index in [2.05, 4.69) is 36.4 Å². The zero-order valence-corrected chi connectivity index (χ0v) is 14.4. The molecule has 1 aliphatic carbocycles. The fourth-order valence-corrected chi connectivity index (χ4v) is 6.83. The molecule has 0 aromatic heterocycles. The van der Waals surface area contributed by atoms with Crippen molar-refractivity contribution >= 4 is 23.5 Å². The number of thioether (sulfide) groups is 2. The van der Waals surface area contributed by atoms with Gasteiger partial charge in [0, 0.05) is 15.4 Å². The van der Waals surface area contributed by atoms with Gasteiger partial charge in [-0.2, -0.15) is 0 Å². The van der Waals surface area contributed by atoms with Gasteiger partial charge in [0.05, 0.1) is 18.3 Å². The second-order valence-corrected chi connectivity index (χ2v) is 8.52. The Morgan fingerprint density at radius 3 is 2.32 bits per heavy atom. The molecule has 0 N–H and O–H groups in total. The first kappa shape index (κ1) is 14.3. The molecule has 22 heavy (non-hydrogen) atoms. The summed E-state index contributed by atoms with van der Waals surface area (Å²) in [5.74, 6) is 1.75. The zero-order chi connectivity index (χ0) is 15.2. The van der Waals surface area contributed by atoms with Gasteiger partial charge in [0.15, 0.2) is 11.5 Å². The number of methoxy groups -OCH3 is 2. The Morgan fingerprint density at radius 1 is 0.955 bits per heavy atom. The predicted octanol–water partition coefficient (Wildman–Crippen LogP) is 5.09. The van der Waals surface area contributed by atoms with Crippen LogP contribution >= 0.6 is 23.5 Å². The summed E-state index contributed by atoms with van der Waals surface area (Å²) >= 11 is 4.00. The molecule has 1 aliphatic heterocycles. The maximum absolute atomic E-state index is 5.67. The van der Waals surface area contributed by atoms with Crippen LogP contribution in [0.5, 0.6) is 11.5 Å². The Bertz CT molecular complexity index is 702. The average Bonchev–Trinajstić information content (AvgIpc) is 2.92. The molecule has 0 bridgehead atoms. The number of hydrogen-bond acceptors (Lipinski definition) is 4. The summed E-state index contributed by atoms with van der Waals surface area (Å²) in [5, 5.41) is 0. The molecule has 0 saturated carbocycles. The summed E-state index contributed by atoms with van der Waals surface area (Å²) in [4.78, 5) is 2.80. The summed E-state index contributed by atoms with van der Waals surface area (Å²) in [5.41, 5.74) is 2.73. The van der Waals surface area contributed by atoms with Gasteiger partial charge in [-0.05, 0) is 43.0 Å². The van der Waals surface area contributed by atoms with Gasteiger partial charge in [0.1, 0.15) is 0 Å². The van der Waals surface area contributed by atoms with Crippen LogP contribution in [0.2, 0.25) is 0 Å². The van der Waals surface area contributed by atoms with Crippen molar-refractivity contribution in [2.24, 2.45) is 0 Å². The van der Waals surface area contributed by atoms with E-state index >= 15 is 0 Å². The molecule has 0 saturated heterocycles. The van der Waals surface area contributed by atoms with Crippen molar-refractivity contribution in [3.05, 3.63) is 47.5 Å². The van der Waals surface area contributed by atoms with E-state index in [1.54, 1.807) is 14.2 Å². The number of hydrogen-bond donors (Lipinski definition) is 0. The molecule has 0 radical (unpaired) electrons. The van der Waals surface area contributed by atoms with Gasteiger partial charge in [-0.25, -0.2) is 0 Å². The Morgan fingerprint density at radius 2 is 1.68 bits per heavy atom. The van der Waals surface area contributed by atoms with Crippen LogP contribution < -0.4 is 9.47 Å². The summed E-state index contributed by atoms with van der Waals surface area (Å²) in [6.45, 7) is 0. The Labute approximate surface area is 139 Å². The van der Waals surface area contributed by atoms with Crippen LogP contribution in [0.15, 0.2) is 46.2 Å². The van der Waals surface area contributed by atoms with Crippen molar-refractivity contribution < 1.29 is 9.47 Å². The molecule has 0 atom stereocenters. The lowest BCUT2D eigenvalue weighted by Crippen LogP contribution is -2.22. The highest BCUT2D eigenvalue weighted by atomic mass is 32.2. The van der Waals surface area contributed by atoms with Crippen LogP contribution in [0.25, 0.3) is 0 Å². The Hall–Kier alpha value is -1.26. The quantitative estimate of drug-likeness (QED) is 0.763. The van der Waals surface area contributed by atoms with E-state index in [0.29, 0.717) is 0 Å². The Balaban J connectivity index is 1.85. The maximum atomic E-state index is 5.67. The molecule has 2 aliphatic rings. The van der Waals surface area contributed by atoms with E-state index < -0.39 is 0 Å². The fourth-order valence-electron chi connectivity index (χ4n) is 3.44. The number of rotatable bonds is 2. The van der Waals surface area contributed by atoms with Crippen LogP contribution in [-0.2, 0) is 10.5 Å². The minimum Gasteiger partial charge on any atom is -0.493 e. The third kappa shape index (κ3) is 2.04. The molecular weight excluding hydrogens is 312 g/mol. The summed E-state index contributed by atoms with van der Waals surface area (Å²) in [6.07, 6.45) is 3.44. The molecule has 1 spiro atoms. The fraction of sp³-hybridized carbons (Fsp3) is 0.333. The average molecular weight is 330 g/mol. The smallest absolute Gasteiger partial charge is 0.164 e. The van der Waals surface area contributed by atoms with Crippen LogP contribution in [0.3, 0.4) is 0 Å². The van der Waals surface area contributed by atoms with Gasteiger partial charge in [0.2, 0.25) is 0 Å². The topological polar surface area (TPSA) is 18.5 Å². The zero-order valence-electron chi connectivity index (χ0n) is 12.7. The van der Waals surface area contributed by atoms with E-state index in [0.717, 1.165) is 17.9 Å². The van der Waals surface area contributed by atoms with Gasteiger partial charge < -0.3 is 9.47 Å². The Kier molecular flexibility index (Phi) is 3.54. The minimum atomic E-state index is 0.0941. The second kappa shape index (κ2) is 5.43. The van der Waals surface area contributed by atoms with Gasteiger partial charge in [-0.15, -0.1) is 23.5 Å². The third-order valence-electron chi connectivity index (χ3n) is 4.39. The number of benzene rings is 2. The van der Waals surface area contributed by atoms with Gasteiger partial charge in [-0.3, -0.25) is 0 Å². The van der Waals surface area contributed by atoms with Crippen LogP contribution in [-0.4, -0.2) is 14.2 Å². The molecule has 114 valence electrons. The van der Waals surface area contributed by atoms with E-state index in [9.17, 15) is 0 Å². The van der Waals surface area contributed by atoms with Crippen molar-refractivity contribution in [3.63, 3.8) is 0 Å². The van der Waals surface area contributed by atoms with Crippen molar-refractivity contribution in [2.75, 3.05) is 14.2 Å². The van der Waals surface area contributed by atoms with E-state index in [1.165, 1.54) is 33.8 Å². The highest BCUT2D eigenvalue weighted by Crippen LogP contribution is 2.66. The minimum absolute atomic E-state index is 0.0941. The first-order chi connectivity index (χ1) is 10.8. The molecule has 4 heteroatoms. The van der Waals surface area contributed by atoms with Crippen molar-refractivity contribution in [3.8, 4) is 11.5 Å². The number of fused-ring (bicyclic) bond motifs is 3. The third-order valence-corrected chi connectivity index (χ3v) is 7.68. The monoisotopic (exact) mass is 330 g/mol. The summed E-state index contributed by atoms with van der Waals surface area (Å²) < 4.78 is 11.2. The molecule has 2 nitrogen and oxygen atoms in total. The van der Waals surface area contributed by atoms with Crippen molar-refractivity contribution in [2.45, 2.75) is 33.1 Å². The molecule has 0 amide bonds. The molecule has 0 fully saturated rings. The SMILES string of the molecule is COc1ccc2c(c1OC)CCCC21Sc2ccccc2S1. The van der Waals surface area contributed by atoms with E-state index in [4.69, 9.17) is 9.47 Å². The van der Waals surface area contributed by atoms with Gasteiger partial charge >= 0.3 is 0 Å². The second-order valence-electron chi connectivity index (χ2n) is 5.58. The first-order valence-electron chi connectivity index (χ1n) is 7.49. The van der Waals surface area contributed by atoms with E-state index in [-0.39, 0.29) is 4.08 Å². The molecule has 4 rings (SSSR count). The lowest BCUT2D eigenvalue weighted by Gasteiger charge is -2.35. The highest BCUT2D eigenvalue weighted by Gasteiger charge is 2.44. The molecule has 2 aromatic carbocycles. The molecule has 0 unspecified atom stereocenters. The lowest BCUT2D eigenvalue weighted by molar-refractivity contribution is 0.349. The standard InChI is InChI=1S/C18H18O2S2/c1-19-14-10-9-13-12(17(14)20-2)6-5-11-18(13)21-15-7-3-4-8-16(15)22-18/h3-4,7-10H,5-6,11H2,1-2H3. The van der Waals surface area contributed by atoms with E-state index in [1.807, 2.05) is 23.5 Å². The van der Waals surface area contributed by atoms with Crippen LogP contribution in [0.1, 0.15) is 24.0 Å². The predicted molar refractivity (Wildman–Crippen MR) is 92.3 cm³/mol. The molecule has 2 aromatic rings. The summed E-state index contributed by atoms with van der Waals surface area (Å²) in [7, 11) is 3.45. The normalized spacial score (nSPS) is 17.9. The van der Waals surface area contributed by atoms with Gasteiger partial charge in [-0.1, -0.05) is 18.2 Å². The van der Waals surface area contributed by atoms with Gasteiger partial charge in [0.25, 0.3) is 0 Å². The van der Waals surface area contributed by atoms with Crippen molar-refractivity contribution in [1.82, 2.24) is 0 Å². The van der Waals surface area contributed by atoms with Crippen LogP contribution in [0, 0.1) is 0 Å². The first-order valence-corrected chi connectivity index (χ1v) is 9.12. The van der Waals surface area contributed by atoms with Crippen molar-refractivity contribution in [1.29, 1.82) is 0 Å². The largest absolute Gasteiger partial charge is 0.493 e. The molecule has 1 heterocycles. The molecular formula is C18H18O2S2.